The molecule has 2 heteroatoms. The predicted octanol–water partition coefficient (Wildman–Crippen LogP) is 4.36. The second-order valence-electron chi connectivity index (χ2n) is 5.34. The van der Waals surface area contributed by atoms with E-state index in [1.165, 1.54) is 26.7 Å². The maximum atomic E-state index is 3.45. The first-order valence-electron chi connectivity index (χ1n) is 7.14. The lowest BCUT2D eigenvalue weighted by Gasteiger charge is -2.16. The zero-order valence-corrected chi connectivity index (χ0v) is 14.4. The van der Waals surface area contributed by atoms with Gasteiger partial charge in [0, 0.05) is 9.61 Å². The zero-order chi connectivity index (χ0) is 14.4. The first-order chi connectivity index (χ1) is 9.67. The number of halogens is 1. The van der Waals surface area contributed by atoms with Crippen LogP contribution in [0.1, 0.15) is 23.1 Å². The van der Waals surface area contributed by atoms with E-state index in [1.807, 2.05) is 0 Å². The van der Waals surface area contributed by atoms with Gasteiger partial charge in [0.25, 0.3) is 0 Å². The van der Waals surface area contributed by atoms with Crippen LogP contribution in [0, 0.1) is 10.5 Å². The number of likely N-dealkylation sites (N-methyl/N-ethyl adjacent to an activating group) is 1. The van der Waals surface area contributed by atoms with Crippen molar-refractivity contribution in [3.05, 3.63) is 68.8 Å². The Balaban J connectivity index is 1.90. The first kappa shape index (κ1) is 15.5. The number of hydrogen-bond donors (Lipinski definition) is 1. The lowest BCUT2D eigenvalue weighted by atomic mass is 9.98. The van der Waals surface area contributed by atoms with Gasteiger partial charge in [-0.15, -0.1) is 0 Å². The van der Waals surface area contributed by atoms with Crippen molar-refractivity contribution < 1.29 is 0 Å². The SMILES string of the molecule is CNC(CCc1cccc(C)c1)Cc1ccc(I)cc1. The van der Waals surface area contributed by atoms with Gasteiger partial charge in [-0.3, -0.25) is 0 Å². The minimum Gasteiger partial charge on any atom is -0.317 e. The van der Waals surface area contributed by atoms with Gasteiger partial charge in [0.1, 0.15) is 0 Å². The van der Waals surface area contributed by atoms with Crippen molar-refractivity contribution in [3.8, 4) is 0 Å². The molecule has 2 aromatic carbocycles. The van der Waals surface area contributed by atoms with E-state index in [-0.39, 0.29) is 0 Å². The highest BCUT2D eigenvalue weighted by molar-refractivity contribution is 14.1. The molecule has 0 fully saturated rings. The van der Waals surface area contributed by atoms with Gasteiger partial charge >= 0.3 is 0 Å². The molecular weight excluding hydrogens is 357 g/mol. The first-order valence-corrected chi connectivity index (χ1v) is 8.22. The van der Waals surface area contributed by atoms with E-state index in [0.717, 1.165) is 12.8 Å². The van der Waals surface area contributed by atoms with Crippen LogP contribution in [-0.4, -0.2) is 13.1 Å². The second-order valence-corrected chi connectivity index (χ2v) is 6.59. The van der Waals surface area contributed by atoms with E-state index >= 15 is 0 Å². The summed E-state index contributed by atoms with van der Waals surface area (Å²) in [5.74, 6) is 0. The van der Waals surface area contributed by atoms with Gasteiger partial charge in [-0.05, 0) is 79.1 Å². The summed E-state index contributed by atoms with van der Waals surface area (Å²) < 4.78 is 1.30. The largest absolute Gasteiger partial charge is 0.317 e. The van der Waals surface area contributed by atoms with Crippen molar-refractivity contribution in [2.45, 2.75) is 32.2 Å². The van der Waals surface area contributed by atoms with Crippen LogP contribution in [-0.2, 0) is 12.8 Å². The summed E-state index contributed by atoms with van der Waals surface area (Å²) >= 11 is 2.35. The van der Waals surface area contributed by atoms with Crippen molar-refractivity contribution in [2.24, 2.45) is 0 Å². The van der Waals surface area contributed by atoms with Crippen LogP contribution in [0.5, 0.6) is 0 Å². The predicted molar refractivity (Wildman–Crippen MR) is 95.2 cm³/mol. The molecule has 0 heterocycles. The zero-order valence-electron chi connectivity index (χ0n) is 12.2. The van der Waals surface area contributed by atoms with Crippen LogP contribution in [0.2, 0.25) is 0 Å². The van der Waals surface area contributed by atoms with Crippen LogP contribution >= 0.6 is 22.6 Å². The van der Waals surface area contributed by atoms with E-state index in [1.54, 1.807) is 0 Å². The quantitative estimate of drug-likeness (QED) is 0.736. The fourth-order valence-corrected chi connectivity index (χ4v) is 2.82. The highest BCUT2D eigenvalue weighted by Crippen LogP contribution is 2.13. The molecule has 1 N–H and O–H groups in total. The van der Waals surface area contributed by atoms with Crippen molar-refractivity contribution in [2.75, 3.05) is 7.05 Å². The van der Waals surface area contributed by atoms with Crippen LogP contribution < -0.4 is 5.32 Å². The molecule has 20 heavy (non-hydrogen) atoms. The highest BCUT2D eigenvalue weighted by Gasteiger charge is 2.07. The molecule has 0 aliphatic heterocycles. The molecule has 0 aliphatic carbocycles. The van der Waals surface area contributed by atoms with E-state index in [0.29, 0.717) is 6.04 Å². The van der Waals surface area contributed by atoms with Crippen molar-refractivity contribution in [1.29, 1.82) is 0 Å². The van der Waals surface area contributed by atoms with Crippen LogP contribution in [0.3, 0.4) is 0 Å². The number of rotatable bonds is 6. The van der Waals surface area contributed by atoms with Crippen molar-refractivity contribution in [3.63, 3.8) is 0 Å². The Morgan fingerprint density at radius 2 is 1.80 bits per heavy atom. The second kappa shape index (κ2) is 7.79. The van der Waals surface area contributed by atoms with E-state index in [9.17, 15) is 0 Å². The number of aryl methyl sites for hydroxylation is 2. The maximum Gasteiger partial charge on any atom is 0.0130 e. The molecule has 0 spiro atoms. The van der Waals surface area contributed by atoms with Crippen LogP contribution in [0.15, 0.2) is 48.5 Å². The van der Waals surface area contributed by atoms with Gasteiger partial charge in [-0.1, -0.05) is 42.0 Å². The Labute approximate surface area is 135 Å². The lowest BCUT2D eigenvalue weighted by molar-refractivity contribution is 0.520. The fraction of sp³-hybridized carbons (Fsp3) is 0.333. The third-order valence-electron chi connectivity index (χ3n) is 3.67. The average Bonchev–Trinajstić information content (AvgIpc) is 2.45. The smallest absolute Gasteiger partial charge is 0.0130 e. The average molecular weight is 379 g/mol. The minimum atomic E-state index is 0.538. The Morgan fingerprint density at radius 3 is 2.45 bits per heavy atom. The Morgan fingerprint density at radius 1 is 1.05 bits per heavy atom. The van der Waals surface area contributed by atoms with Gasteiger partial charge in [0.05, 0.1) is 0 Å². The molecule has 106 valence electrons. The Hall–Kier alpha value is -0.870. The van der Waals surface area contributed by atoms with E-state index in [4.69, 9.17) is 0 Å². The van der Waals surface area contributed by atoms with Crippen LogP contribution in [0.4, 0.5) is 0 Å². The monoisotopic (exact) mass is 379 g/mol. The Kier molecular flexibility index (Phi) is 6.05. The summed E-state index contributed by atoms with van der Waals surface area (Å²) in [7, 11) is 2.06. The number of benzene rings is 2. The van der Waals surface area contributed by atoms with Gasteiger partial charge in [-0.25, -0.2) is 0 Å². The summed E-state index contributed by atoms with van der Waals surface area (Å²) in [4.78, 5) is 0. The molecule has 0 radical (unpaired) electrons. The van der Waals surface area contributed by atoms with Gasteiger partial charge < -0.3 is 5.32 Å². The molecular formula is C18H22IN. The van der Waals surface area contributed by atoms with Gasteiger partial charge in [0.15, 0.2) is 0 Å². The fourth-order valence-electron chi connectivity index (χ4n) is 2.46. The summed E-state index contributed by atoms with van der Waals surface area (Å²) in [6, 6.07) is 18.2. The van der Waals surface area contributed by atoms with E-state index in [2.05, 4.69) is 90.4 Å². The summed E-state index contributed by atoms with van der Waals surface area (Å²) in [5, 5.41) is 3.45. The van der Waals surface area contributed by atoms with E-state index < -0.39 is 0 Å². The molecule has 0 bridgehead atoms. The maximum absolute atomic E-state index is 3.45. The minimum absolute atomic E-state index is 0.538. The number of hydrogen-bond acceptors (Lipinski definition) is 1. The molecule has 1 unspecified atom stereocenters. The van der Waals surface area contributed by atoms with Crippen molar-refractivity contribution >= 4 is 22.6 Å². The molecule has 0 aromatic heterocycles. The Bertz CT molecular complexity index is 533. The molecule has 1 atom stereocenters. The molecule has 0 saturated carbocycles. The molecule has 1 nitrogen and oxygen atoms in total. The normalized spacial score (nSPS) is 12.3. The standard InChI is InChI=1S/C18H22IN/c1-14-4-3-5-15(12-14)8-11-18(20-2)13-16-6-9-17(19)10-7-16/h3-7,9-10,12,18,20H,8,11,13H2,1-2H3. The third-order valence-corrected chi connectivity index (χ3v) is 4.39. The lowest BCUT2D eigenvalue weighted by Crippen LogP contribution is -2.28. The summed E-state index contributed by atoms with van der Waals surface area (Å²) in [5.41, 5.74) is 4.20. The molecule has 2 aromatic rings. The molecule has 0 saturated heterocycles. The van der Waals surface area contributed by atoms with Crippen molar-refractivity contribution in [1.82, 2.24) is 5.32 Å². The highest BCUT2D eigenvalue weighted by atomic mass is 127. The number of nitrogens with one attached hydrogen (secondary N) is 1. The molecule has 0 aliphatic rings. The summed E-state index contributed by atoms with van der Waals surface area (Å²) in [6.45, 7) is 2.16. The van der Waals surface area contributed by atoms with Gasteiger partial charge in [0.2, 0.25) is 0 Å². The van der Waals surface area contributed by atoms with Gasteiger partial charge in [-0.2, -0.15) is 0 Å². The molecule has 0 amide bonds. The topological polar surface area (TPSA) is 12.0 Å². The summed E-state index contributed by atoms with van der Waals surface area (Å²) in [6.07, 6.45) is 3.41. The molecule has 2 rings (SSSR count). The third kappa shape index (κ3) is 4.91. The van der Waals surface area contributed by atoms with Crippen LogP contribution in [0.25, 0.3) is 0 Å².